The minimum absolute atomic E-state index is 0.0468. The molecule has 0 aliphatic rings. The van der Waals surface area contributed by atoms with E-state index in [0.29, 0.717) is 34.4 Å². The first-order valence-corrected chi connectivity index (χ1v) is 12.1. The van der Waals surface area contributed by atoms with Crippen molar-refractivity contribution in [1.82, 2.24) is 4.57 Å². The number of aromatic hydroxyl groups is 1. The van der Waals surface area contributed by atoms with Gasteiger partial charge in [-0.15, -0.1) is 5.11 Å². The summed E-state index contributed by atoms with van der Waals surface area (Å²) in [6.07, 6.45) is 0. The highest BCUT2D eigenvalue weighted by Gasteiger charge is 2.26. The zero-order chi connectivity index (χ0) is 25.3. The third-order valence-corrected chi connectivity index (χ3v) is 6.80. The largest absolute Gasteiger partial charge is 0.494 e. The summed E-state index contributed by atoms with van der Waals surface area (Å²) in [5.74, 6) is -0.0755. The van der Waals surface area contributed by atoms with Crippen LogP contribution in [0, 0.1) is 0 Å². The van der Waals surface area contributed by atoms with Crippen molar-refractivity contribution < 1.29 is 19.0 Å². The lowest BCUT2D eigenvalue weighted by molar-refractivity contribution is -0.861. The Morgan fingerprint density at radius 2 is 1.77 bits per heavy atom. The van der Waals surface area contributed by atoms with Crippen LogP contribution in [0.1, 0.15) is 17.3 Å². The number of para-hydroxylation sites is 1. The van der Waals surface area contributed by atoms with Gasteiger partial charge in [-0.2, -0.15) is 9.68 Å². The number of thiazole rings is 1. The number of aryl methyl sites for hydroxylation is 1. The fourth-order valence-corrected chi connectivity index (χ4v) is 5.07. The van der Waals surface area contributed by atoms with Gasteiger partial charge in [0.25, 0.3) is 10.6 Å². The number of quaternary nitrogens is 1. The second-order valence-electron chi connectivity index (χ2n) is 9.37. The van der Waals surface area contributed by atoms with Gasteiger partial charge in [-0.05, 0) is 43.3 Å². The Bertz CT molecular complexity index is 1490. The molecule has 4 rings (SSSR count). The normalized spacial score (nSPS) is 12.0. The van der Waals surface area contributed by atoms with E-state index in [-0.39, 0.29) is 17.4 Å². The molecule has 0 saturated heterocycles. The molecule has 0 saturated carbocycles. The van der Waals surface area contributed by atoms with Crippen LogP contribution in [-0.4, -0.2) is 47.6 Å². The average molecular weight is 492 g/mol. The van der Waals surface area contributed by atoms with Crippen LogP contribution >= 0.6 is 11.3 Å². The molecule has 0 bridgehead atoms. The van der Waals surface area contributed by atoms with Gasteiger partial charge in [-0.3, -0.25) is 14.2 Å². The van der Waals surface area contributed by atoms with E-state index in [1.807, 2.05) is 52.3 Å². The standard InChI is InChI=1S/C26H28N5O3S/c1-6-30-21-9-7-8-10-23(21)35-26(30)19-15-20(25(34)29(2)24(19)33)28-27-18-13-11-17(12-14-18)22(32)16-31(3,4)5/h7-15H,6,16H2,1-5H3/q+1/p+1/b28-27+. The molecule has 0 spiro atoms. The first kappa shape index (κ1) is 24.4. The number of pyridine rings is 1. The molecule has 180 valence electrons. The van der Waals surface area contributed by atoms with E-state index in [0.717, 1.165) is 15.2 Å². The molecule has 8 nitrogen and oxygen atoms in total. The number of fused-ring (bicyclic) bond motifs is 1. The van der Waals surface area contributed by atoms with Gasteiger partial charge in [0.15, 0.2) is 5.69 Å². The van der Waals surface area contributed by atoms with E-state index in [9.17, 15) is 14.7 Å². The number of Topliss-reactive ketones (excluding diaryl/α,β-unsaturated/α-hetero) is 1. The van der Waals surface area contributed by atoms with Gasteiger partial charge in [-0.25, -0.2) is 0 Å². The van der Waals surface area contributed by atoms with Crippen LogP contribution in [0.25, 0.3) is 20.8 Å². The van der Waals surface area contributed by atoms with E-state index >= 15 is 0 Å². The maximum Gasteiger partial charge on any atom is 0.280 e. The number of aromatic nitrogens is 2. The summed E-state index contributed by atoms with van der Waals surface area (Å²) >= 11 is 1.54. The molecule has 0 aliphatic heterocycles. The number of hydrogen-bond donors (Lipinski definition) is 1. The van der Waals surface area contributed by atoms with Crippen LogP contribution in [0.5, 0.6) is 5.88 Å². The fraction of sp³-hybridized carbons (Fsp3) is 0.269. The predicted molar refractivity (Wildman–Crippen MR) is 138 cm³/mol. The van der Waals surface area contributed by atoms with Crippen molar-refractivity contribution in [3.63, 3.8) is 0 Å². The second-order valence-corrected chi connectivity index (χ2v) is 10.4. The van der Waals surface area contributed by atoms with Crippen molar-refractivity contribution in [2.45, 2.75) is 13.5 Å². The second kappa shape index (κ2) is 9.52. The number of azo groups is 1. The van der Waals surface area contributed by atoms with Crippen LogP contribution in [0.4, 0.5) is 11.4 Å². The van der Waals surface area contributed by atoms with E-state index in [4.69, 9.17) is 0 Å². The molecule has 0 unspecified atom stereocenters. The van der Waals surface area contributed by atoms with Crippen LogP contribution in [0.3, 0.4) is 0 Å². The van der Waals surface area contributed by atoms with Crippen molar-refractivity contribution in [1.29, 1.82) is 0 Å². The molecule has 0 radical (unpaired) electrons. The Morgan fingerprint density at radius 1 is 1.09 bits per heavy atom. The van der Waals surface area contributed by atoms with E-state index in [1.54, 1.807) is 41.7 Å². The summed E-state index contributed by atoms with van der Waals surface area (Å²) in [5.41, 5.74) is 2.37. The quantitative estimate of drug-likeness (QED) is 0.178. The molecule has 35 heavy (non-hydrogen) atoms. The minimum atomic E-state index is -0.450. The maximum atomic E-state index is 12.8. The van der Waals surface area contributed by atoms with Gasteiger partial charge in [-0.1, -0.05) is 23.5 Å². The molecular formula is C26H29N5O3S+2. The SMILES string of the molecule is CC[n+]1c(-c2cc(/N=N/c3ccc(C(=O)C[N+](C)(C)C)cc3)c(=O)n(C)c2O)sc2ccccc21. The summed E-state index contributed by atoms with van der Waals surface area (Å²) in [6, 6.07) is 16.4. The van der Waals surface area contributed by atoms with Gasteiger partial charge in [0, 0.05) is 18.7 Å². The number of likely N-dealkylation sites (N-methyl/N-ethyl adjacent to an activating group) is 1. The summed E-state index contributed by atoms with van der Waals surface area (Å²) in [6.45, 7) is 3.14. The first-order chi connectivity index (χ1) is 16.6. The fourth-order valence-electron chi connectivity index (χ4n) is 3.84. The zero-order valence-corrected chi connectivity index (χ0v) is 21.3. The summed E-state index contributed by atoms with van der Waals surface area (Å²) in [7, 11) is 7.41. The van der Waals surface area contributed by atoms with E-state index < -0.39 is 5.56 Å². The van der Waals surface area contributed by atoms with Crippen molar-refractivity contribution in [3.8, 4) is 16.5 Å². The molecule has 0 fully saturated rings. The monoisotopic (exact) mass is 491 g/mol. The molecule has 0 atom stereocenters. The van der Waals surface area contributed by atoms with Crippen LogP contribution in [0.2, 0.25) is 0 Å². The van der Waals surface area contributed by atoms with Crippen molar-refractivity contribution >= 4 is 38.7 Å². The number of ketones is 1. The van der Waals surface area contributed by atoms with Gasteiger partial charge < -0.3 is 9.59 Å². The van der Waals surface area contributed by atoms with Crippen LogP contribution in [0.15, 0.2) is 69.6 Å². The third kappa shape index (κ3) is 5.06. The lowest BCUT2D eigenvalue weighted by Gasteiger charge is -2.22. The highest BCUT2D eigenvalue weighted by atomic mass is 32.1. The maximum absolute atomic E-state index is 12.8. The van der Waals surface area contributed by atoms with Gasteiger partial charge in [0.1, 0.15) is 23.4 Å². The smallest absolute Gasteiger partial charge is 0.280 e. The highest BCUT2D eigenvalue weighted by molar-refractivity contribution is 7.21. The summed E-state index contributed by atoms with van der Waals surface area (Å²) in [4.78, 5) is 25.2. The number of benzene rings is 2. The van der Waals surface area contributed by atoms with Crippen molar-refractivity contribution in [2.24, 2.45) is 17.3 Å². The zero-order valence-electron chi connectivity index (χ0n) is 20.5. The Balaban J connectivity index is 1.70. The molecular weight excluding hydrogens is 462 g/mol. The molecule has 1 N–H and O–H groups in total. The van der Waals surface area contributed by atoms with Crippen molar-refractivity contribution in [2.75, 3.05) is 27.7 Å². The van der Waals surface area contributed by atoms with E-state index in [1.165, 1.54) is 11.6 Å². The third-order valence-electron chi connectivity index (χ3n) is 5.60. The Morgan fingerprint density at radius 3 is 2.43 bits per heavy atom. The number of rotatable bonds is 7. The minimum Gasteiger partial charge on any atom is -0.494 e. The highest BCUT2D eigenvalue weighted by Crippen LogP contribution is 2.35. The lowest BCUT2D eigenvalue weighted by Crippen LogP contribution is -2.39. The Hall–Kier alpha value is -3.69. The lowest BCUT2D eigenvalue weighted by atomic mass is 10.1. The molecule has 9 heteroatoms. The summed E-state index contributed by atoms with van der Waals surface area (Å²) in [5, 5.41) is 20.0. The van der Waals surface area contributed by atoms with Crippen molar-refractivity contribution in [3.05, 3.63) is 70.5 Å². The molecule has 0 aliphatic carbocycles. The van der Waals surface area contributed by atoms with Crippen LogP contribution in [-0.2, 0) is 13.6 Å². The Labute approximate surface area is 207 Å². The topological polar surface area (TPSA) is 87.9 Å². The molecule has 2 aromatic carbocycles. The number of carbonyl (C=O) groups is 1. The van der Waals surface area contributed by atoms with Gasteiger partial charge >= 0.3 is 0 Å². The predicted octanol–water partition coefficient (Wildman–Crippen LogP) is 4.58. The average Bonchev–Trinajstić information content (AvgIpc) is 3.19. The number of nitrogens with zero attached hydrogens (tertiary/aromatic N) is 5. The first-order valence-electron chi connectivity index (χ1n) is 11.3. The van der Waals surface area contributed by atoms with Crippen LogP contribution < -0.4 is 10.1 Å². The van der Waals surface area contributed by atoms with Gasteiger partial charge in [0.2, 0.25) is 17.2 Å². The number of hydrogen-bond acceptors (Lipinski definition) is 6. The Kier molecular flexibility index (Phi) is 6.64. The van der Waals surface area contributed by atoms with E-state index in [2.05, 4.69) is 14.8 Å². The molecule has 2 heterocycles. The molecule has 2 aromatic heterocycles. The number of carbonyl (C=O) groups excluding carboxylic acids is 1. The molecule has 0 amide bonds. The summed E-state index contributed by atoms with van der Waals surface area (Å²) < 4.78 is 4.91. The van der Waals surface area contributed by atoms with Gasteiger partial charge in [0.05, 0.1) is 26.8 Å². The molecule has 4 aromatic rings.